The van der Waals surface area contributed by atoms with Crippen LogP contribution in [0.2, 0.25) is 0 Å². The molecule has 3 heterocycles. The quantitative estimate of drug-likeness (QED) is 0.499. The van der Waals surface area contributed by atoms with E-state index in [0.29, 0.717) is 39.5 Å². The van der Waals surface area contributed by atoms with E-state index in [1.807, 2.05) is 81.4 Å². The maximum atomic E-state index is 14.2. The third kappa shape index (κ3) is 2.33. The molecule has 0 saturated carbocycles. The van der Waals surface area contributed by atoms with Crippen molar-refractivity contribution < 1.29 is 9.90 Å². The number of hydrogen-bond acceptors (Lipinski definition) is 4. The van der Waals surface area contributed by atoms with Crippen LogP contribution in [0, 0.1) is 13.8 Å². The summed E-state index contributed by atoms with van der Waals surface area (Å²) in [7, 11) is 0. The van der Waals surface area contributed by atoms with Crippen molar-refractivity contribution in [2.45, 2.75) is 26.3 Å². The molecule has 1 spiro atoms. The summed E-state index contributed by atoms with van der Waals surface area (Å²) in [4.78, 5) is 28.1. The standard InChI is InChI=1S/C27H22N4O3/c1-16-13-14-20(23(32)15-16)24-17(2)31-27(21-11-7-8-12-22(21)30(31)25(24)33)18(3)28-29(26(27)34)19-9-5-4-6-10-19/h4-15,32H,1-3H3. The molecule has 1 atom stereocenters. The van der Waals surface area contributed by atoms with E-state index in [0.717, 1.165) is 5.56 Å². The number of rotatable bonds is 2. The maximum absolute atomic E-state index is 14.2. The number of hydrazone groups is 1. The number of para-hydroxylation sites is 2. The molecule has 34 heavy (non-hydrogen) atoms. The fourth-order valence-corrected chi connectivity index (χ4v) is 5.34. The van der Waals surface area contributed by atoms with Gasteiger partial charge in [-0.05, 0) is 50.6 Å². The number of carbonyl (C=O) groups is 1. The summed E-state index contributed by atoms with van der Waals surface area (Å²) in [6, 6.07) is 21.9. The predicted molar refractivity (Wildman–Crippen MR) is 131 cm³/mol. The van der Waals surface area contributed by atoms with E-state index >= 15 is 0 Å². The third-order valence-corrected chi connectivity index (χ3v) is 6.82. The number of aromatic nitrogens is 2. The number of hydrogen-bond donors (Lipinski definition) is 1. The van der Waals surface area contributed by atoms with Crippen molar-refractivity contribution in [3.05, 3.63) is 100.0 Å². The summed E-state index contributed by atoms with van der Waals surface area (Å²) in [5.74, 6) is -0.228. The summed E-state index contributed by atoms with van der Waals surface area (Å²) >= 11 is 0. The summed E-state index contributed by atoms with van der Waals surface area (Å²) in [5, 5.41) is 16.8. The topological polar surface area (TPSA) is 79.8 Å². The van der Waals surface area contributed by atoms with Crippen molar-refractivity contribution >= 4 is 17.3 Å². The van der Waals surface area contributed by atoms with Crippen LogP contribution in [0.25, 0.3) is 16.8 Å². The van der Waals surface area contributed by atoms with E-state index in [1.54, 1.807) is 21.5 Å². The first kappa shape index (κ1) is 20.2. The predicted octanol–water partition coefficient (Wildman–Crippen LogP) is 4.11. The second-order valence-electron chi connectivity index (χ2n) is 8.78. The lowest BCUT2D eigenvalue weighted by Crippen LogP contribution is -2.48. The number of aryl methyl sites for hydroxylation is 1. The van der Waals surface area contributed by atoms with Crippen LogP contribution in [0.1, 0.15) is 23.7 Å². The van der Waals surface area contributed by atoms with Crippen LogP contribution < -0.4 is 10.6 Å². The molecule has 7 nitrogen and oxygen atoms in total. The second-order valence-corrected chi connectivity index (χ2v) is 8.78. The van der Waals surface area contributed by atoms with E-state index in [2.05, 4.69) is 5.10 Å². The molecular formula is C27H22N4O3. The molecule has 6 rings (SSSR count). The maximum Gasteiger partial charge on any atom is 0.285 e. The first-order valence-electron chi connectivity index (χ1n) is 11.1. The Labute approximate surface area is 195 Å². The molecule has 0 aliphatic carbocycles. The first-order chi connectivity index (χ1) is 16.4. The largest absolute Gasteiger partial charge is 0.507 e. The Morgan fingerprint density at radius 3 is 2.32 bits per heavy atom. The fourth-order valence-electron chi connectivity index (χ4n) is 5.34. The lowest BCUT2D eigenvalue weighted by Gasteiger charge is -2.27. The molecule has 0 fully saturated rings. The highest BCUT2D eigenvalue weighted by Crippen LogP contribution is 2.46. The van der Waals surface area contributed by atoms with Gasteiger partial charge in [-0.3, -0.25) is 14.3 Å². The first-order valence-corrected chi connectivity index (χ1v) is 11.1. The molecule has 4 aromatic rings. The Kier molecular flexibility index (Phi) is 4.05. The molecule has 1 aromatic heterocycles. The molecule has 2 aliphatic rings. The van der Waals surface area contributed by atoms with Crippen molar-refractivity contribution in [3.8, 4) is 22.6 Å². The van der Waals surface area contributed by atoms with Crippen molar-refractivity contribution in [1.82, 2.24) is 9.36 Å². The van der Waals surface area contributed by atoms with Gasteiger partial charge in [0.15, 0.2) is 0 Å². The highest BCUT2D eigenvalue weighted by atomic mass is 16.3. The van der Waals surface area contributed by atoms with Crippen LogP contribution in [0.4, 0.5) is 5.69 Å². The Balaban J connectivity index is 1.68. The normalized spacial score (nSPS) is 18.4. The van der Waals surface area contributed by atoms with Gasteiger partial charge < -0.3 is 5.11 Å². The molecule has 0 radical (unpaired) electrons. The molecule has 0 saturated heterocycles. The summed E-state index contributed by atoms with van der Waals surface area (Å²) in [6.45, 7) is 5.51. The summed E-state index contributed by atoms with van der Waals surface area (Å²) < 4.78 is 3.30. The molecule has 1 unspecified atom stereocenters. The Morgan fingerprint density at radius 1 is 0.882 bits per heavy atom. The number of amides is 1. The number of aromatic hydroxyl groups is 1. The van der Waals surface area contributed by atoms with Crippen molar-refractivity contribution in [1.29, 1.82) is 0 Å². The van der Waals surface area contributed by atoms with Gasteiger partial charge in [0.25, 0.3) is 11.5 Å². The second kappa shape index (κ2) is 6.81. The number of phenolic OH excluding ortho intramolecular Hbond substituents is 1. The number of phenols is 1. The van der Waals surface area contributed by atoms with Gasteiger partial charge in [-0.2, -0.15) is 10.1 Å². The SMILES string of the molecule is CC1=NN(c2ccccc2)C(=O)C12c1ccccc1-n1c(=O)c(-c3ccc(C)cc3O)c(C)n12. The fraction of sp³-hybridized carbons (Fsp3) is 0.148. The minimum atomic E-state index is -1.30. The average Bonchev–Trinajstić information content (AvgIpc) is 3.39. The molecule has 3 aromatic carbocycles. The van der Waals surface area contributed by atoms with Crippen LogP contribution in [-0.4, -0.2) is 26.1 Å². The van der Waals surface area contributed by atoms with Gasteiger partial charge in [0.1, 0.15) is 5.75 Å². The Bertz CT molecular complexity index is 1600. The van der Waals surface area contributed by atoms with Crippen molar-refractivity contribution in [2.24, 2.45) is 5.10 Å². The van der Waals surface area contributed by atoms with E-state index < -0.39 is 5.54 Å². The summed E-state index contributed by atoms with van der Waals surface area (Å²) in [6.07, 6.45) is 0. The lowest BCUT2D eigenvalue weighted by molar-refractivity contribution is -0.122. The zero-order chi connectivity index (χ0) is 23.8. The minimum Gasteiger partial charge on any atom is -0.507 e. The molecule has 1 amide bonds. The Morgan fingerprint density at radius 2 is 1.59 bits per heavy atom. The van der Waals surface area contributed by atoms with Crippen LogP contribution in [0.5, 0.6) is 5.75 Å². The van der Waals surface area contributed by atoms with Gasteiger partial charge in [-0.25, -0.2) is 4.68 Å². The van der Waals surface area contributed by atoms with Gasteiger partial charge in [0.05, 0.1) is 22.6 Å². The van der Waals surface area contributed by atoms with E-state index in [-0.39, 0.29) is 17.2 Å². The van der Waals surface area contributed by atoms with Gasteiger partial charge in [-0.15, -0.1) is 0 Å². The number of nitrogens with zero attached hydrogens (tertiary/aromatic N) is 4. The van der Waals surface area contributed by atoms with Crippen molar-refractivity contribution in [2.75, 3.05) is 5.01 Å². The van der Waals surface area contributed by atoms with Gasteiger partial charge in [0, 0.05) is 16.8 Å². The molecule has 0 bridgehead atoms. The van der Waals surface area contributed by atoms with Gasteiger partial charge >= 0.3 is 0 Å². The van der Waals surface area contributed by atoms with Gasteiger partial charge in [-0.1, -0.05) is 48.5 Å². The van der Waals surface area contributed by atoms with E-state index in [1.165, 1.54) is 5.01 Å². The zero-order valence-electron chi connectivity index (χ0n) is 19.0. The average molecular weight is 450 g/mol. The number of carbonyl (C=O) groups excluding carboxylic acids is 1. The summed E-state index contributed by atoms with van der Waals surface area (Å²) in [5.41, 5.74) is 3.25. The monoisotopic (exact) mass is 450 g/mol. The van der Waals surface area contributed by atoms with Crippen LogP contribution in [0.3, 0.4) is 0 Å². The molecule has 1 N–H and O–H groups in total. The molecule has 2 aliphatic heterocycles. The smallest absolute Gasteiger partial charge is 0.285 e. The molecule has 7 heteroatoms. The number of anilines is 1. The number of fused-ring (bicyclic) bond motifs is 5. The van der Waals surface area contributed by atoms with E-state index in [4.69, 9.17) is 0 Å². The Hall–Kier alpha value is -4.39. The number of benzene rings is 3. The van der Waals surface area contributed by atoms with Crippen LogP contribution in [0.15, 0.2) is 82.7 Å². The van der Waals surface area contributed by atoms with E-state index in [9.17, 15) is 14.7 Å². The highest BCUT2D eigenvalue weighted by molar-refractivity contribution is 6.23. The van der Waals surface area contributed by atoms with Crippen molar-refractivity contribution in [3.63, 3.8) is 0 Å². The highest BCUT2D eigenvalue weighted by Gasteiger charge is 2.59. The minimum absolute atomic E-state index is 0.0291. The lowest BCUT2D eigenvalue weighted by atomic mass is 9.85. The van der Waals surface area contributed by atoms with Crippen LogP contribution in [-0.2, 0) is 10.3 Å². The zero-order valence-corrected chi connectivity index (χ0v) is 19.0. The van der Waals surface area contributed by atoms with Crippen LogP contribution >= 0.6 is 0 Å². The molecular weight excluding hydrogens is 428 g/mol. The third-order valence-electron chi connectivity index (χ3n) is 6.82. The molecule has 168 valence electrons. The van der Waals surface area contributed by atoms with Gasteiger partial charge in [0.2, 0.25) is 5.54 Å².